The van der Waals surface area contributed by atoms with Crippen molar-refractivity contribution in [3.8, 4) is 11.3 Å². The van der Waals surface area contributed by atoms with Crippen molar-refractivity contribution in [2.24, 2.45) is 0 Å². The summed E-state index contributed by atoms with van der Waals surface area (Å²) >= 11 is 20.7. The quantitative estimate of drug-likeness (QED) is 0.223. The van der Waals surface area contributed by atoms with Gasteiger partial charge < -0.3 is 10.6 Å². The Hall–Kier alpha value is -2.55. The summed E-state index contributed by atoms with van der Waals surface area (Å²) < 4.78 is 0. The summed E-state index contributed by atoms with van der Waals surface area (Å²) in [6.07, 6.45) is 0. The highest BCUT2D eigenvalue weighted by atomic mass is 35.5. The second kappa shape index (κ2) is 11.5. The minimum Gasteiger partial charge on any atom is -0.322 e. The van der Waals surface area contributed by atoms with E-state index in [-0.39, 0.29) is 22.1 Å². The first-order valence-electron chi connectivity index (χ1n) is 10.3. The minimum atomic E-state index is -0.355. The highest BCUT2D eigenvalue weighted by Gasteiger charge is 2.17. The van der Waals surface area contributed by atoms with Crippen LogP contribution in [0.4, 0.5) is 10.8 Å². The molecule has 0 aliphatic carbocycles. The maximum Gasteiger partial charge on any atom is 0.257 e. The molecule has 0 radical (unpaired) electrons. The van der Waals surface area contributed by atoms with Gasteiger partial charge >= 0.3 is 0 Å². The number of thioether (sulfide) groups is 1. The fourth-order valence-corrected chi connectivity index (χ4v) is 5.25. The molecule has 2 N–H and O–H groups in total. The van der Waals surface area contributed by atoms with Crippen LogP contribution in [0.5, 0.6) is 0 Å². The van der Waals surface area contributed by atoms with Gasteiger partial charge in [0.05, 0.1) is 21.5 Å². The first kappa shape index (κ1) is 25.5. The van der Waals surface area contributed by atoms with Crippen molar-refractivity contribution >= 4 is 80.5 Å². The summed E-state index contributed by atoms with van der Waals surface area (Å²) in [5.74, 6) is -0.483. The van der Waals surface area contributed by atoms with Crippen LogP contribution >= 0.6 is 57.9 Å². The highest BCUT2D eigenvalue weighted by Crippen LogP contribution is 2.29. The van der Waals surface area contributed by atoms with E-state index >= 15 is 0 Å². The standard InChI is InChI=1S/C25H18Cl3N3O2S2/c1-14(23(32)31-25-30-22(13-34-25)15-2-4-16(26)5-3-15)35-19-9-7-18(8-10-19)29-24(33)20-11-6-17(27)12-21(20)28/h2-14H,1H3,(H,29,33)(H,30,31,32). The number of hydrogen-bond donors (Lipinski definition) is 2. The number of thiazole rings is 1. The maximum absolute atomic E-state index is 12.7. The molecule has 0 bridgehead atoms. The Morgan fingerprint density at radius 2 is 1.60 bits per heavy atom. The van der Waals surface area contributed by atoms with E-state index in [1.165, 1.54) is 29.2 Å². The molecule has 4 aromatic rings. The molecule has 0 saturated heterocycles. The van der Waals surface area contributed by atoms with Crippen LogP contribution in [-0.4, -0.2) is 22.0 Å². The fourth-order valence-electron chi connectivity index (χ4n) is 3.04. The summed E-state index contributed by atoms with van der Waals surface area (Å²) in [5, 5.41) is 9.14. The fraction of sp³-hybridized carbons (Fsp3) is 0.0800. The number of benzene rings is 3. The molecule has 1 unspecified atom stereocenters. The highest BCUT2D eigenvalue weighted by molar-refractivity contribution is 8.00. The zero-order chi connectivity index (χ0) is 24.9. The Balaban J connectivity index is 1.32. The van der Waals surface area contributed by atoms with E-state index in [0.717, 1.165) is 16.2 Å². The van der Waals surface area contributed by atoms with Crippen LogP contribution in [0.2, 0.25) is 15.1 Å². The third kappa shape index (κ3) is 6.78. The third-order valence-electron chi connectivity index (χ3n) is 4.84. The number of carbonyl (C=O) groups excluding carboxylic acids is 2. The van der Waals surface area contributed by atoms with Crippen LogP contribution in [0, 0.1) is 0 Å². The van der Waals surface area contributed by atoms with Gasteiger partial charge in [-0.3, -0.25) is 9.59 Å². The van der Waals surface area contributed by atoms with Gasteiger partial charge in [0.2, 0.25) is 5.91 Å². The van der Waals surface area contributed by atoms with Gasteiger partial charge in [0.25, 0.3) is 5.91 Å². The van der Waals surface area contributed by atoms with Gasteiger partial charge in [-0.25, -0.2) is 4.98 Å². The van der Waals surface area contributed by atoms with Crippen LogP contribution in [-0.2, 0) is 4.79 Å². The van der Waals surface area contributed by atoms with Gasteiger partial charge in [0.15, 0.2) is 5.13 Å². The van der Waals surface area contributed by atoms with Crippen molar-refractivity contribution in [1.29, 1.82) is 0 Å². The van der Waals surface area contributed by atoms with Gasteiger partial charge in [-0.15, -0.1) is 23.1 Å². The second-order valence-electron chi connectivity index (χ2n) is 7.40. The molecule has 1 heterocycles. The zero-order valence-corrected chi connectivity index (χ0v) is 22.1. The van der Waals surface area contributed by atoms with Gasteiger partial charge in [-0.1, -0.05) is 46.9 Å². The molecule has 3 aromatic carbocycles. The Morgan fingerprint density at radius 3 is 2.29 bits per heavy atom. The van der Waals surface area contributed by atoms with Crippen LogP contribution in [0.15, 0.2) is 77.0 Å². The Labute approximate surface area is 225 Å². The molecule has 10 heteroatoms. The predicted molar refractivity (Wildman–Crippen MR) is 147 cm³/mol. The van der Waals surface area contributed by atoms with Gasteiger partial charge in [-0.2, -0.15) is 0 Å². The summed E-state index contributed by atoms with van der Waals surface area (Å²) in [5.41, 5.74) is 2.65. The molecule has 0 spiro atoms. The van der Waals surface area contributed by atoms with E-state index < -0.39 is 0 Å². The molecular formula is C25H18Cl3N3O2S2. The number of rotatable bonds is 7. The molecule has 0 aliphatic heterocycles. The minimum absolute atomic E-state index is 0.151. The van der Waals surface area contributed by atoms with E-state index in [2.05, 4.69) is 15.6 Å². The number of carbonyl (C=O) groups is 2. The summed E-state index contributed by atoms with van der Waals surface area (Å²) in [7, 11) is 0. The average Bonchev–Trinajstić information content (AvgIpc) is 3.29. The first-order valence-corrected chi connectivity index (χ1v) is 13.2. The molecule has 5 nitrogen and oxygen atoms in total. The summed E-state index contributed by atoms with van der Waals surface area (Å²) in [6.45, 7) is 1.83. The Bertz CT molecular complexity index is 1360. The van der Waals surface area contributed by atoms with Crippen LogP contribution < -0.4 is 10.6 Å². The lowest BCUT2D eigenvalue weighted by Crippen LogP contribution is -2.22. The second-order valence-corrected chi connectivity index (χ2v) is 10.9. The van der Waals surface area contributed by atoms with Crippen LogP contribution in [0.3, 0.4) is 0 Å². The van der Waals surface area contributed by atoms with Crippen molar-refractivity contribution in [3.63, 3.8) is 0 Å². The smallest absolute Gasteiger partial charge is 0.257 e. The number of hydrogen-bond acceptors (Lipinski definition) is 5. The van der Waals surface area contributed by atoms with E-state index in [9.17, 15) is 9.59 Å². The number of halogens is 3. The molecule has 0 fully saturated rings. The van der Waals surface area contributed by atoms with Crippen LogP contribution in [0.1, 0.15) is 17.3 Å². The van der Waals surface area contributed by atoms with Crippen molar-refractivity contribution in [2.45, 2.75) is 17.1 Å². The largest absolute Gasteiger partial charge is 0.322 e. The molecule has 2 amide bonds. The number of anilines is 2. The van der Waals surface area contributed by atoms with Gasteiger partial charge in [-0.05, 0) is 61.5 Å². The van der Waals surface area contributed by atoms with Crippen molar-refractivity contribution in [1.82, 2.24) is 4.98 Å². The molecule has 178 valence electrons. The SMILES string of the molecule is CC(Sc1ccc(NC(=O)c2ccc(Cl)cc2Cl)cc1)C(=O)Nc1nc(-c2ccc(Cl)cc2)cs1. The van der Waals surface area contributed by atoms with E-state index in [4.69, 9.17) is 34.8 Å². The number of nitrogens with zero attached hydrogens (tertiary/aromatic N) is 1. The number of amides is 2. The van der Waals surface area contributed by atoms with E-state index in [1.807, 2.05) is 36.6 Å². The Morgan fingerprint density at radius 1 is 0.914 bits per heavy atom. The van der Waals surface area contributed by atoms with Gasteiger partial charge in [0.1, 0.15) is 0 Å². The summed E-state index contributed by atoms with van der Waals surface area (Å²) in [4.78, 5) is 30.5. The lowest BCUT2D eigenvalue weighted by molar-refractivity contribution is -0.115. The summed E-state index contributed by atoms with van der Waals surface area (Å²) in [6, 6.07) is 19.3. The average molecular weight is 563 g/mol. The van der Waals surface area contributed by atoms with E-state index in [0.29, 0.717) is 26.4 Å². The van der Waals surface area contributed by atoms with Gasteiger partial charge in [0, 0.05) is 31.6 Å². The molecular weight excluding hydrogens is 545 g/mol. The Kier molecular flexibility index (Phi) is 8.36. The lowest BCUT2D eigenvalue weighted by atomic mass is 10.2. The number of aromatic nitrogens is 1. The molecule has 0 aliphatic rings. The molecule has 1 atom stereocenters. The normalized spacial score (nSPS) is 11.7. The molecule has 4 rings (SSSR count). The topological polar surface area (TPSA) is 71.1 Å². The van der Waals surface area contributed by atoms with Crippen molar-refractivity contribution in [3.05, 3.63) is 92.7 Å². The predicted octanol–water partition coefficient (Wildman–Crippen LogP) is 8.14. The third-order valence-corrected chi connectivity index (χ3v) is 7.51. The lowest BCUT2D eigenvalue weighted by Gasteiger charge is -2.11. The van der Waals surface area contributed by atoms with E-state index in [1.54, 1.807) is 36.4 Å². The van der Waals surface area contributed by atoms with Crippen LogP contribution in [0.25, 0.3) is 11.3 Å². The molecule has 35 heavy (non-hydrogen) atoms. The molecule has 1 aromatic heterocycles. The van der Waals surface area contributed by atoms with Crippen molar-refractivity contribution in [2.75, 3.05) is 10.6 Å². The zero-order valence-electron chi connectivity index (χ0n) is 18.2. The first-order chi connectivity index (χ1) is 16.8. The molecule has 0 saturated carbocycles. The van der Waals surface area contributed by atoms with Crippen molar-refractivity contribution < 1.29 is 9.59 Å². The number of nitrogens with one attached hydrogen (secondary N) is 2. The maximum atomic E-state index is 12.7. The monoisotopic (exact) mass is 561 g/mol.